The zero-order valence-corrected chi connectivity index (χ0v) is 15.7. The highest BCUT2D eigenvalue weighted by Crippen LogP contribution is 2.24. The number of methoxy groups -OCH3 is 1. The van der Waals surface area contributed by atoms with Crippen molar-refractivity contribution in [2.24, 2.45) is 5.10 Å². The fraction of sp³-hybridized carbons (Fsp3) is 0.100. The van der Waals surface area contributed by atoms with E-state index in [9.17, 15) is 4.79 Å². The van der Waals surface area contributed by atoms with Crippen molar-refractivity contribution in [1.82, 2.24) is 5.43 Å². The number of hydrogen-bond donors (Lipinski definition) is 1. The topological polar surface area (TPSA) is 59.9 Å². The molecular formula is C20H17BrN2O3. The van der Waals surface area contributed by atoms with Crippen molar-refractivity contribution in [2.45, 2.75) is 0 Å². The van der Waals surface area contributed by atoms with Crippen LogP contribution in [-0.4, -0.2) is 25.8 Å². The fourth-order valence-corrected chi connectivity index (χ4v) is 2.71. The van der Waals surface area contributed by atoms with Crippen molar-refractivity contribution in [1.29, 1.82) is 0 Å². The summed E-state index contributed by atoms with van der Waals surface area (Å²) in [6, 6.07) is 19.0. The number of fused-ring (bicyclic) bond motifs is 1. The number of halogens is 1. The van der Waals surface area contributed by atoms with E-state index in [1.807, 2.05) is 60.7 Å². The molecule has 3 rings (SSSR count). The number of amides is 1. The van der Waals surface area contributed by atoms with E-state index in [2.05, 4.69) is 26.5 Å². The Morgan fingerprint density at radius 2 is 1.73 bits per heavy atom. The quantitative estimate of drug-likeness (QED) is 0.488. The van der Waals surface area contributed by atoms with Gasteiger partial charge in [0, 0.05) is 4.47 Å². The molecule has 6 heteroatoms. The lowest BCUT2D eigenvalue weighted by Crippen LogP contribution is -2.24. The second-order valence-electron chi connectivity index (χ2n) is 5.51. The lowest BCUT2D eigenvalue weighted by molar-refractivity contribution is -0.123. The number of carbonyl (C=O) groups is 1. The van der Waals surface area contributed by atoms with E-state index in [4.69, 9.17) is 9.47 Å². The van der Waals surface area contributed by atoms with E-state index in [1.165, 1.54) is 0 Å². The van der Waals surface area contributed by atoms with Crippen molar-refractivity contribution in [3.63, 3.8) is 0 Å². The molecule has 1 N–H and O–H groups in total. The number of ether oxygens (including phenoxy) is 2. The molecule has 3 aromatic rings. The summed E-state index contributed by atoms with van der Waals surface area (Å²) in [6.45, 7) is -0.109. The van der Waals surface area contributed by atoms with Gasteiger partial charge < -0.3 is 9.47 Å². The molecular weight excluding hydrogens is 396 g/mol. The summed E-state index contributed by atoms with van der Waals surface area (Å²) in [7, 11) is 1.61. The molecule has 0 aliphatic heterocycles. The maximum atomic E-state index is 11.8. The molecule has 0 fully saturated rings. The van der Waals surface area contributed by atoms with Gasteiger partial charge in [0.2, 0.25) is 0 Å². The number of nitrogens with one attached hydrogen (secondary N) is 1. The SMILES string of the molecule is COc1ccc(C=NNC(=O)COc2ccc3cc(Br)ccc3c2)cc1. The molecule has 26 heavy (non-hydrogen) atoms. The first-order chi connectivity index (χ1) is 12.6. The molecule has 3 aromatic carbocycles. The minimum atomic E-state index is -0.328. The Morgan fingerprint density at radius 3 is 2.50 bits per heavy atom. The van der Waals surface area contributed by atoms with Crippen LogP contribution in [-0.2, 0) is 4.79 Å². The number of hydrazone groups is 1. The van der Waals surface area contributed by atoms with Crippen LogP contribution in [0.25, 0.3) is 10.8 Å². The van der Waals surface area contributed by atoms with Crippen LogP contribution in [0.5, 0.6) is 11.5 Å². The van der Waals surface area contributed by atoms with Crippen LogP contribution in [0, 0.1) is 0 Å². The van der Waals surface area contributed by atoms with Gasteiger partial charge in [0.25, 0.3) is 5.91 Å². The standard InChI is InChI=1S/C20H17BrN2O3/c1-25-18-7-2-14(3-8-18)12-22-23-20(24)13-26-19-9-5-15-10-17(21)6-4-16(15)11-19/h2-12H,13H2,1H3,(H,23,24). The van der Waals surface area contributed by atoms with Gasteiger partial charge in [-0.25, -0.2) is 5.43 Å². The highest BCUT2D eigenvalue weighted by atomic mass is 79.9. The lowest BCUT2D eigenvalue weighted by atomic mass is 10.1. The summed E-state index contributed by atoms with van der Waals surface area (Å²) < 4.78 is 11.6. The van der Waals surface area contributed by atoms with E-state index in [0.29, 0.717) is 5.75 Å². The van der Waals surface area contributed by atoms with E-state index >= 15 is 0 Å². The fourth-order valence-electron chi connectivity index (χ4n) is 2.33. The number of nitrogens with zero attached hydrogens (tertiary/aromatic N) is 1. The Labute approximate surface area is 159 Å². The first-order valence-electron chi connectivity index (χ1n) is 7.92. The summed E-state index contributed by atoms with van der Waals surface area (Å²) in [5.41, 5.74) is 3.30. The molecule has 0 saturated carbocycles. The molecule has 0 atom stereocenters. The van der Waals surface area contributed by atoms with Crippen molar-refractivity contribution in [3.05, 3.63) is 70.7 Å². The third-order valence-electron chi connectivity index (χ3n) is 3.66. The van der Waals surface area contributed by atoms with Crippen LogP contribution in [0.3, 0.4) is 0 Å². The van der Waals surface area contributed by atoms with E-state index < -0.39 is 0 Å². The predicted molar refractivity (Wildman–Crippen MR) is 106 cm³/mol. The molecule has 5 nitrogen and oxygen atoms in total. The van der Waals surface area contributed by atoms with Gasteiger partial charge in [0.1, 0.15) is 11.5 Å². The van der Waals surface area contributed by atoms with Crippen molar-refractivity contribution >= 4 is 38.8 Å². The summed E-state index contributed by atoms with van der Waals surface area (Å²) in [4.78, 5) is 11.8. The summed E-state index contributed by atoms with van der Waals surface area (Å²) >= 11 is 3.44. The maximum absolute atomic E-state index is 11.8. The van der Waals surface area contributed by atoms with Gasteiger partial charge in [0.15, 0.2) is 6.61 Å². The van der Waals surface area contributed by atoms with Gasteiger partial charge in [-0.05, 0) is 64.9 Å². The molecule has 0 aromatic heterocycles. The predicted octanol–water partition coefficient (Wildman–Crippen LogP) is 4.14. The van der Waals surface area contributed by atoms with Gasteiger partial charge in [-0.3, -0.25) is 4.79 Å². The Kier molecular flexibility index (Phi) is 5.86. The maximum Gasteiger partial charge on any atom is 0.277 e. The van der Waals surface area contributed by atoms with Crippen LogP contribution in [0.4, 0.5) is 0 Å². The van der Waals surface area contributed by atoms with Crippen molar-refractivity contribution < 1.29 is 14.3 Å². The molecule has 0 aliphatic carbocycles. The minimum Gasteiger partial charge on any atom is -0.497 e. The summed E-state index contributed by atoms with van der Waals surface area (Å²) in [6.07, 6.45) is 1.56. The summed E-state index contributed by atoms with van der Waals surface area (Å²) in [5.74, 6) is 1.07. The highest BCUT2D eigenvalue weighted by Gasteiger charge is 2.03. The first-order valence-corrected chi connectivity index (χ1v) is 8.71. The Bertz CT molecular complexity index is 939. The molecule has 0 bridgehead atoms. The Balaban J connectivity index is 1.51. The van der Waals surface area contributed by atoms with Gasteiger partial charge in [-0.15, -0.1) is 0 Å². The largest absolute Gasteiger partial charge is 0.497 e. The molecule has 0 unspecified atom stereocenters. The normalized spacial score (nSPS) is 10.8. The lowest BCUT2D eigenvalue weighted by Gasteiger charge is -2.06. The molecule has 132 valence electrons. The second-order valence-corrected chi connectivity index (χ2v) is 6.42. The monoisotopic (exact) mass is 412 g/mol. The van der Waals surface area contributed by atoms with Crippen LogP contribution in [0.15, 0.2) is 70.2 Å². The molecule has 0 spiro atoms. The number of rotatable bonds is 6. The van der Waals surface area contributed by atoms with Gasteiger partial charge >= 0.3 is 0 Å². The minimum absolute atomic E-state index is 0.109. The Morgan fingerprint density at radius 1 is 1.04 bits per heavy atom. The molecule has 0 aliphatic rings. The van der Waals surface area contributed by atoms with Gasteiger partial charge in [-0.2, -0.15) is 5.10 Å². The van der Waals surface area contributed by atoms with E-state index in [0.717, 1.165) is 26.6 Å². The zero-order chi connectivity index (χ0) is 18.4. The van der Waals surface area contributed by atoms with Gasteiger partial charge in [0.05, 0.1) is 13.3 Å². The molecule has 1 amide bonds. The highest BCUT2D eigenvalue weighted by molar-refractivity contribution is 9.10. The average molecular weight is 413 g/mol. The van der Waals surface area contributed by atoms with Crippen molar-refractivity contribution in [2.75, 3.05) is 13.7 Å². The first kappa shape index (κ1) is 17.9. The average Bonchev–Trinajstić information content (AvgIpc) is 2.67. The second kappa shape index (κ2) is 8.49. The number of hydrogen-bond acceptors (Lipinski definition) is 4. The van der Waals surface area contributed by atoms with E-state index in [-0.39, 0.29) is 12.5 Å². The van der Waals surface area contributed by atoms with Crippen LogP contribution in [0.1, 0.15) is 5.56 Å². The zero-order valence-electron chi connectivity index (χ0n) is 14.1. The third kappa shape index (κ3) is 4.83. The van der Waals surface area contributed by atoms with Crippen molar-refractivity contribution in [3.8, 4) is 11.5 Å². The number of carbonyl (C=O) groups excluding carboxylic acids is 1. The third-order valence-corrected chi connectivity index (χ3v) is 4.16. The molecule has 0 heterocycles. The summed E-state index contributed by atoms with van der Waals surface area (Å²) in [5, 5.41) is 6.06. The molecule has 0 saturated heterocycles. The molecule has 0 radical (unpaired) electrons. The van der Waals surface area contributed by atoms with E-state index in [1.54, 1.807) is 13.3 Å². The smallest absolute Gasteiger partial charge is 0.277 e. The number of benzene rings is 3. The van der Waals surface area contributed by atoms with Crippen LogP contribution < -0.4 is 14.9 Å². The Hall–Kier alpha value is -2.86. The van der Waals surface area contributed by atoms with Gasteiger partial charge in [-0.1, -0.05) is 28.1 Å². The van der Waals surface area contributed by atoms with Crippen LogP contribution in [0.2, 0.25) is 0 Å². The van der Waals surface area contributed by atoms with Crippen LogP contribution >= 0.6 is 15.9 Å².